The summed E-state index contributed by atoms with van der Waals surface area (Å²) in [6.07, 6.45) is 3.32. The summed E-state index contributed by atoms with van der Waals surface area (Å²) in [5, 5.41) is 0.988. The Labute approximate surface area is 157 Å². The van der Waals surface area contributed by atoms with Gasteiger partial charge in [-0.25, -0.2) is 0 Å². The summed E-state index contributed by atoms with van der Waals surface area (Å²) in [6, 6.07) is 12.1. The summed E-state index contributed by atoms with van der Waals surface area (Å²) in [5.74, 6) is -0.184. The van der Waals surface area contributed by atoms with Gasteiger partial charge in [-0.05, 0) is 43.0 Å². The molecule has 0 aliphatic carbocycles. The van der Waals surface area contributed by atoms with Gasteiger partial charge in [-0.3, -0.25) is 9.59 Å². The Bertz CT molecular complexity index is 798. The Balaban J connectivity index is 1.84. The van der Waals surface area contributed by atoms with Gasteiger partial charge >= 0.3 is 0 Å². The number of rotatable bonds is 4. The maximum atomic E-state index is 12.8. The molecule has 0 unspecified atom stereocenters. The van der Waals surface area contributed by atoms with Crippen LogP contribution in [-0.4, -0.2) is 29.7 Å². The number of halogens is 2. The van der Waals surface area contributed by atoms with Crippen molar-refractivity contribution >= 4 is 34.9 Å². The second-order valence-corrected chi connectivity index (χ2v) is 7.08. The van der Waals surface area contributed by atoms with Gasteiger partial charge in [0.05, 0.1) is 5.56 Å². The number of amides is 1. The summed E-state index contributed by atoms with van der Waals surface area (Å²) < 4.78 is 0. The molecule has 3 rings (SSSR count). The van der Waals surface area contributed by atoms with Crippen molar-refractivity contribution in [2.24, 2.45) is 0 Å². The van der Waals surface area contributed by atoms with Crippen LogP contribution in [0.5, 0.6) is 0 Å². The number of ketones is 1. The van der Waals surface area contributed by atoms with Gasteiger partial charge < -0.3 is 4.90 Å². The number of piperidine rings is 1. The molecule has 0 bridgehead atoms. The van der Waals surface area contributed by atoms with Gasteiger partial charge in [0.1, 0.15) is 0 Å². The highest BCUT2D eigenvalue weighted by Crippen LogP contribution is 2.24. The summed E-state index contributed by atoms with van der Waals surface area (Å²) in [7, 11) is 0. The van der Waals surface area contributed by atoms with E-state index in [4.69, 9.17) is 23.2 Å². The van der Waals surface area contributed by atoms with Gasteiger partial charge in [0, 0.05) is 35.1 Å². The first-order valence-electron chi connectivity index (χ1n) is 8.41. The third-order valence-electron chi connectivity index (χ3n) is 4.47. The summed E-state index contributed by atoms with van der Waals surface area (Å²) in [5.41, 5.74) is 1.62. The van der Waals surface area contributed by atoms with E-state index in [-0.39, 0.29) is 18.1 Å². The molecule has 0 aromatic heterocycles. The first kappa shape index (κ1) is 18.0. The highest BCUT2D eigenvalue weighted by Gasteiger charge is 2.23. The number of hydrogen-bond donors (Lipinski definition) is 0. The van der Waals surface area contributed by atoms with Gasteiger partial charge in [0.25, 0.3) is 5.91 Å². The highest BCUT2D eigenvalue weighted by molar-refractivity contribution is 6.35. The summed E-state index contributed by atoms with van der Waals surface area (Å²) in [6.45, 7) is 1.51. The Morgan fingerprint density at radius 3 is 2.28 bits per heavy atom. The quantitative estimate of drug-likeness (QED) is 0.701. The molecule has 1 aliphatic rings. The Kier molecular flexibility index (Phi) is 5.77. The minimum absolute atomic E-state index is 0.0640. The normalized spacial score (nSPS) is 14.4. The molecule has 1 aliphatic heterocycles. The van der Waals surface area contributed by atoms with Crippen molar-refractivity contribution < 1.29 is 9.59 Å². The van der Waals surface area contributed by atoms with Crippen LogP contribution in [0.15, 0.2) is 42.5 Å². The van der Waals surface area contributed by atoms with E-state index in [2.05, 4.69) is 0 Å². The highest BCUT2D eigenvalue weighted by atomic mass is 35.5. The Morgan fingerprint density at radius 1 is 0.920 bits per heavy atom. The van der Waals surface area contributed by atoms with Crippen molar-refractivity contribution in [1.82, 2.24) is 4.90 Å². The van der Waals surface area contributed by atoms with E-state index in [1.54, 1.807) is 42.5 Å². The Hall–Kier alpha value is -1.84. The zero-order valence-electron chi connectivity index (χ0n) is 13.8. The number of nitrogens with zero attached hydrogens (tertiary/aromatic N) is 1. The van der Waals surface area contributed by atoms with Gasteiger partial charge in [0.2, 0.25) is 0 Å². The van der Waals surface area contributed by atoms with Crippen LogP contribution in [0.4, 0.5) is 0 Å². The number of carbonyl (C=O) groups excluding carboxylic acids is 2. The number of Topliss-reactive ketones (excluding diaryl/α,β-unsaturated/α-hetero) is 1. The van der Waals surface area contributed by atoms with Crippen LogP contribution in [0.1, 0.15) is 45.5 Å². The molecular formula is C20H19Cl2NO2. The van der Waals surface area contributed by atoms with E-state index in [1.807, 2.05) is 4.90 Å². The fraction of sp³-hybridized carbons (Fsp3) is 0.300. The topological polar surface area (TPSA) is 37.4 Å². The van der Waals surface area contributed by atoms with E-state index < -0.39 is 0 Å². The summed E-state index contributed by atoms with van der Waals surface area (Å²) in [4.78, 5) is 27.5. The molecule has 0 radical (unpaired) electrons. The SMILES string of the molecule is O=C(Cc1ccc(Cl)cc1Cl)c1ccccc1C(=O)N1CCCCC1. The molecular weight excluding hydrogens is 357 g/mol. The molecule has 2 aromatic rings. The fourth-order valence-electron chi connectivity index (χ4n) is 3.11. The monoisotopic (exact) mass is 375 g/mol. The maximum absolute atomic E-state index is 12.8. The molecule has 1 saturated heterocycles. The zero-order chi connectivity index (χ0) is 17.8. The average Bonchev–Trinajstić information content (AvgIpc) is 2.64. The van der Waals surface area contributed by atoms with Crippen molar-refractivity contribution in [3.05, 3.63) is 69.2 Å². The van der Waals surface area contributed by atoms with Crippen LogP contribution in [0, 0.1) is 0 Å². The second-order valence-electron chi connectivity index (χ2n) is 6.23. The third-order valence-corrected chi connectivity index (χ3v) is 5.05. The van der Waals surface area contributed by atoms with E-state index >= 15 is 0 Å². The molecule has 1 fully saturated rings. The lowest BCUT2D eigenvalue weighted by Gasteiger charge is -2.27. The number of hydrogen-bond acceptors (Lipinski definition) is 2. The maximum Gasteiger partial charge on any atom is 0.254 e. The van der Waals surface area contributed by atoms with E-state index in [9.17, 15) is 9.59 Å². The van der Waals surface area contributed by atoms with Crippen LogP contribution in [0.2, 0.25) is 10.0 Å². The minimum Gasteiger partial charge on any atom is -0.339 e. The predicted octanol–water partition coefficient (Wildman–Crippen LogP) is 5.04. The van der Waals surface area contributed by atoms with E-state index in [0.717, 1.165) is 32.4 Å². The van der Waals surface area contributed by atoms with Crippen molar-refractivity contribution in [2.45, 2.75) is 25.7 Å². The van der Waals surface area contributed by atoms with Crippen LogP contribution in [0.25, 0.3) is 0 Å². The van der Waals surface area contributed by atoms with Gasteiger partial charge in [-0.1, -0.05) is 47.5 Å². The van der Waals surface area contributed by atoms with Crippen molar-refractivity contribution in [3.8, 4) is 0 Å². The average molecular weight is 376 g/mol. The lowest BCUT2D eigenvalue weighted by atomic mass is 9.97. The smallest absolute Gasteiger partial charge is 0.254 e. The predicted molar refractivity (Wildman–Crippen MR) is 101 cm³/mol. The lowest BCUT2D eigenvalue weighted by Crippen LogP contribution is -2.36. The minimum atomic E-state index is -0.120. The van der Waals surface area contributed by atoms with Gasteiger partial charge in [-0.15, -0.1) is 0 Å². The van der Waals surface area contributed by atoms with E-state index in [0.29, 0.717) is 26.7 Å². The van der Waals surface area contributed by atoms with Crippen LogP contribution in [-0.2, 0) is 6.42 Å². The molecule has 0 spiro atoms. The van der Waals surface area contributed by atoms with Crippen molar-refractivity contribution in [1.29, 1.82) is 0 Å². The summed E-state index contributed by atoms with van der Waals surface area (Å²) >= 11 is 12.1. The standard InChI is InChI=1S/C20H19Cl2NO2/c21-15-9-8-14(18(22)13-15)12-19(24)16-6-2-3-7-17(16)20(25)23-10-4-1-5-11-23/h2-3,6-9,13H,1,4-5,10-12H2. The van der Waals surface area contributed by atoms with Crippen molar-refractivity contribution in [3.63, 3.8) is 0 Å². The number of benzene rings is 2. The number of carbonyl (C=O) groups is 2. The molecule has 1 heterocycles. The fourth-order valence-corrected chi connectivity index (χ4v) is 3.59. The van der Waals surface area contributed by atoms with Crippen LogP contribution >= 0.6 is 23.2 Å². The Morgan fingerprint density at radius 2 is 1.60 bits per heavy atom. The third kappa shape index (κ3) is 4.23. The zero-order valence-corrected chi connectivity index (χ0v) is 15.3. The molecule has 0 N–H and O–H groups in total. The van der Waals surface area contributed by atoms with Crippen molar-refractivity contribution in [2.75, 3.05) is 13.1 Å². The van der Waals surface area contributed by atoms with E-state index in [1.165, 1.54) is 0 Å². The lowest BCUT2D eigenvalue weighted by molar-refractivity contribution is 0.0719. The molecule has 5 heteroatoms. The number of likely N-dealkylation sites (tertiary alicyclic amines) is 1. The molecule has 0 atom stereocenters. The largest absolute Gasteiger partial charge is 0.339 e. The molecule has 3 nitrogen and oxygen atoms in total. The first-order chi connectivity index (χ1) is 12.1. The molecule has 130 valence electrons. The van der Waals surface area contributed by atoms with Gasteiger partial charge in [0.15, 0.2) is 5.78 Å². The van der Waals surface area contributed by atoms with Crippen LogP contribution < -0.4 is 0 Å². The van der Waals surface area contributed by atoms with Gasteiger partial charge in [-0.2, -0.15) is 0 Å². The second kappa shape index (κ2) is 8.03. The first-order valence-corrected chi connectivity index (χ1v) is 9.17. The molecule has 1 amide bonds. The van der Waals surface area contributed by atoms with Crippen LogP contribution in [0.3, 0.4) is 0 Å². The molecule has 0 saturated carbocycles. The molecule has 25 heavy (non-hydrogen) atoms. The molecule has 2 aromatic carbocycles.